The Morgan fingerprint density at radius 1 is 1.21 bits per heavy atom. The van der Waals surface area contributed by atoms with Crippen LogP contribution in [0.25, 0.3) is 0 Å². The van der Waals surface area contributed by atoms with Gasteiger partial charge in [0.2, 0.25) is 0 Å². The number of nitrogens with zero attached hydrogens (tertiary/aromatic N) is 1. The van der Waals surface area contributed by atoms with E-state index in [0.717, 1.165) is 18.9 Å². The molecule has 0 radical (unpaired) electrons. The quantitative estimate of drug-likeness (QED) is 0.895. The van der Waals surface area contributed by atoms with Crippen molar-refractivity contribution in [3.05, 3.63) is 29.3 Å². The van der Waals surface area contributed by atoms with Crippen LogP contribution in [0.2, 0.25) is 0 Å². The molecular weight excluding hydrogens is 252 g/mol. The second kappa shape index (κ2) is 4.79. The molecule has 1 aromatic rings. The van der Waals surface area contributed by atoms with E-state index in [-0.39, 0.29) is 11.1 Å². The summed E-state index contributed by atoms with van der Waals surface area (Å²) in [6, 6.07) is 2.47. The van der Waals surface area contributed by atoms with E-state index in [4.69, 9.17) is 5.11 Å². The zero-order valence-electron chi connectivity index (χ0n) is 11.0. The first kappa shape index (κ1) is 13.8. The van der Waals surface area contributed by atoms with Crippen molar-refractivity contribution in [1.82, 2.24) is 0 Å². The zero-order chi connectivity index (χ0) is 14.2. The summed E-state index contributed by atoms with van der Waals surface area (Å²) in [6.07, 6.45) is 1.80. The van der Waals surface area contributed by atoms with Crippen molar-refractivity contribution < 1.29 is 18.7 Å². The summed E-state index contributed by atoms with van der Waals surface area (Å²) in [5.74, 6) is -3.81. The maximum absolute atomic E-state index is 13.9. The lowest BCUT2D eigenvalue weighted by Gasteiger charge is -2.38. The topological polar surface area (TPSA) is 40.5 Å². The summed E-state index contributed by atoms with van der Waals surface area (Å²) in [7, 11) is 0. The van der Waals surface area contributed by atoms with Crippen molar-refractivity contribution in [2.45, 2.75) is 26.7 Å². The van der Waals surface area contributed by atoms with Gasteiger partial charge in [-0.3, -0.25) is 0 Å². The normalized spacial score (nSPS) is 18.4. The Kier molecular flexibility index (Phi) is 3.47. The van der Waals surface area contributed by atoms with E-state index in [1.165, 1.54) is 6.07 Å². The molecule has 1 aromatic carbocycles. The fraction of sp³-hybridized carbons (Fsp3) is 0.500. The van der Waals surface area contributed by atoms with E-state index in [2.05, 4.69) is 13.8 Å². The molecule has 0 saturated carbocycles. The number of piperidine rings is 1. The maximum Gasteiger partial charge on any atom is 0.338 e. The van der Waals surface area contributed by atoms with Gasteiger partial charge in [-0.05, 0) is 30.4 Å². The van der Waals surface area contributed by atoms with Crippen LogP contribution in [-0.2, 0) is 0 Å². The lowest BCUT2D eigenvalue weighted by Crippen LogP contribution is -2.37. The molecule has 3 nitrogen and oxygen atoms in total. The minimum atomic E-state index is -1.46. The fourth-order valence-corrected chi connectivity index (χ4v) is 2.30. The van der Waals surface area contributed by atoms with Crippen LogP contribution in [0.5, 0.6) is 0 Å². The van der Waals surface area contributed by atoms with E-state index >= 15 is 0 Å². The molecule has 1 saturated heterocycles. The van der Waals surface area contributed by atoms with Crippen LogP contribution in [-0.4, -0.2) is 24.2 Å². The summed E-state index contributed by atoms with van der Waals surface area (Å²) in [5, 5.41) is 8.74. The zero-order valence-corrected chi connectivity index (χ0v) is 11.0. The second-order valence-corrected chi connectivity index (χ2v) is 5.72. The Morgan fingerprint density at radius 3 is 2.32 bits per heavy atom. The van der Waals surface area contributed by atoms with Crippen molar-refractivity contribution in [1.29, 1.82) is 0 Å². The summed E-state index contributed by atoms with van der Waals surface area (Å²) in [5.41, 5.74) is -0.261. The van der Waals surface area contributed by atoms with Gasteiger partial charge in [-0.25, -0.2) is 13.6 Å². The summed E-state index contributed by atoms with van der Waals surface area (Å²) in [6.45, 7) is 5.59. The number of hydrogen-bond donors (Lipinski definition) is 1. The highest BCUT2D eigenvalue weighted by Crippen LogP contribution is 2.34. The molecule has 1 heterocycles. The van der Waals surface area contributed by atoms with Crippen molar-refractivity contribution in [3.63, 3.8) is 0 Å². The number of halogens is 2. The first-order valence-electron chi connectivity index (χ1n) is 6.28. The number of hydrogen-bond acceptors (Lipinski definition) is 2. The summed E-state index contributed by atoms with van der Waals surface area (Å²) >= 11 is 0. The predicted octanol–water partition coefficient (Wildman–Crippen LogP) is 3.29. The van der Waals surface area contributed by atoms with Crippen LogP contribution in [0.15, 0.2) is 12.1 Å². The minimum absolute atomic E-state index is 0.151. The van der Waals surface area contributed by atoms with Gasteiger partial charge in [0.05, 0.1) is 11.3 Å². The van der Waals surface area contributed by atoms with Crippen LogP contribution >= 0.6 is 0 Å². The number of benzene rings is 1. The first-order valence-corrected chi connectivity index (χ1v) is 6.28. The Hall–Kier alpha value is -1.65. The molecule has 0 amide bonds. The standard InChI is InChI=1S/C14H17F2NO2/c1-14(2)5-7-17(8-6-14)10-4-3-9(13(18)19)11(15)12(10)16/h3-4H,5-8H2,1-2H3,(H,18,19). The highest BCUT2D eigenvalue weighted by atomic mass is 19.2. The summed E-state index contributed by atoms with van der Waals surface area (Å²) < 4.78 is 27.6. The van der Waals surface area contributed by atoms with Crippen LogP contribution in [0, 0.1) is 17.0 Å². The fourth-order valence-electron chi connectivity index (χ4n) is 2.30. The molecule has 1 aliphatic rings. The third-order valence-corrected chi connectivity index (χ3v) is 3.75. The third-order valence-electron chi connectivity index (χ3n) is 3.75. The van der Waals surface area contributed by atoms with Gasteiger partial charge in [-0.1, -0.05) is 13.8 Å². The van der Waals surface area contributed by atoms with E-state index in [1.54, 1.807) is 4.90 Å². The molecule has 0 unspecified atom stereocenters. The second-order valence-electron chi connectivity index (χ2n) is 5.72. The van der Waals surface area contributed by atoms with Gasteiger partial charge >= 0.3 is 5.97 Å². The smallest absolute Gasteiger partial charge is 0.338 e. The number of carbonyl (C=O) groups is 1. The van der Waals surface area contributed by atoms with Crippen LogP contribution in [0.4, 0.5) is 14.5 Å². The monoisotopic (exact) mass is 269 g/mol. The highest BCUT2D eigenvalue weighted by molar-refractivity contribution is 5.88. The van der Waals surface area contributed by atoms with Crippen LogP contribution < -0.4 is 4.90 Å². The van der Waals surface area contributed by atoms with Crippen molar-refractivity contribution in [3.8, 4) is 0 Å². The molecule has 0 aliphatic carbocycles. The molecule has 5 heteroatoms. The van der Waals surface area contributed by atoms with Gasteiger partial charge in [-0.2, -0.15) is 0 Å². The number of aromatic carboxylic acids is 1. The molecule has 0 bridgehead atoms. The maximum atomic E-state index is 13.9. The minimum Gasteiger partial charge on any atom is -0.478 e. The first-order chi connectivity index (χ1) is 8.82. The number of rotatable bonds is 2. The lowest BCUT2D eigenvalue weighted by atomic mass is 9.82. The van der Waals surface area contributed by atoms with Gasteiger partial charge in [0, 0.05) is 13.1 Å². The van der Waals surface area contributed by atoms with E-state index in [1.807, 2.05) is 0 Å². The van der Waals surface area contributed by atoms with Crippen molar-refractivity contribution >= 4 is 11.7 Å². The van der Waals surface area contributed by atoms with Crippen LogP contribution in [0.3, 0.4) is 0 Å². The van der Waals surface area contributed by atoms with Gasteiger partial charge in [0.15, 0.2) is 11.6 Å². The average molecular weight is 269 g/mol. The molecule has 1 aliphatic heterocycles. The lowest BCUT2D eigenvalue weighted by molar-refractivity contribution is 0.0690. The van der Waals surface area contributed by atoms with Gasteiger partial charge in [0.1, 0.15) is 0 Å². The Bertz CT molecular complexity index is 504. The molecule has 0 spiro atoms. The molecule has 0 aromatic heterocycles. The van der Waals surface area contributed by atoms with Gasteiger partial charge in [-0.15, -0.1) is 0 Å². The summed E-state index contributed by atoms with van der Waals surface area (Å²) in [4.78, 5) is 12.5. The van der Waals surface area contributed by atoms with Crippen molar-refractivity contribution in [2.24, 2.45) is 5.41 Å². The number of carboxylic acid groups (broad SMARTS) is 1. The van der Waals surface area contributed by atoms with E-state index in [9.17, 15) is 13.6 Å². The largest absolute Gasteiger partial charge is 0.478 e. The van der Waals surface area contributed by atoms with E-state index in [0.29, 0.717) is 13.1 Å². The molecular formula is C14H17F2NO2. The van der Waals surface area contributed by atoms with Gasteiger partial charge in [0.25, 0.3) is 0 Å². The predicted molar refractivity (Wildman–Crippen MR) is 68.5 cm³/mol. The molecule has 1 fully saturated rings. The van der Waals surface area contributed by atoms with E-state index < -0.39 is 23.2 Å². The average Bonchev–Trinajstić information content (AvgIpc) is 2.33. The molecule has 2 rings (SSSR count). The van der Waals surface area contributed by atoms with Crippen molar-refractivity contribution in [2.75, 3.05) is 18.0 Å². The van der Waals surface area contributed by atoms with Gasteiger partial charge < -0.3 is 10.0 Å². The molecule has 1 N–H and O–H groups in total. The van der Waals surface area contributed by atoms with Crippen LogP contribution in [0.1, 0.15) is 37.0 Å². The number of anilines is 1. The Balaban J connectivity index is 2.27. The Labute approximate surface area is 110 Å². The molecule has 104 valence electrons. The molecule has 0 atom stereocenters. The highest BCUT2D eigenvalue weighted by Gasteiger charge is 2.28. The Morgan fingerprint density at radius 2 is 1.79 bits per heavy atom. The number of carboxylic acids is 1. The SMILES string of the molecule is CC1(C)CCN(c2ccc(C(=O)O)c(F)c2F)CC1. The third kappa shape index (κ3) is 2.69. The molecule has 19 heavy (non-hydrogen) atoms.